The molecule has 130 valence electrons. The van der Waals surface area contributed by atoms with Crippen molar-refractivity contribution in [3.05, 3.63) is 83.9 Å². The molecule has 5 heteroatoms. The van der Waals surface area contributed by atoms with Crippen LogP contribution >= 0.6 is 0 Å². The lowest BCUT2D eigenvalue weighted by atomic mass is 9.95. The monoisotopic (exact) mass is 346 g/mol. The van der Waals surface area contributed by atoms with Gasteiger partial charge in [0.05, 0.1) is 18.8 Å². The van der Waals surface area contributed by atoms with Crippen molar-refractivity contribution in [1.29, 1.82) is 0 Å². The summed E-state index contributed by atoms with van der Waals surface area (Å²) < 4.78 is 5.25. The van der Waals surface area contributed by atoms with Gasteiger partial charge in [0.25, 0.3) is 5.91 Å². The van der Waals surface area contributed by atoms with Crippen LogP contribution in [0.2, 0.25) is 0 Å². The maximum Gasteiger partial charge on any atom is 0.256 e. The maximum absolute atomic E-state index is 12.8. The summed E-state index contributed by atoms with van der Waals surface area (Å²) in [7, 11) is 1.52. The highest BCUT2D eigenvalue weighted by Gasteiger charge is 2.16. The molecular weight excluding hydrogens is 330 g/mol. The zero-order valence-corrected chi connectivity index (χ0v) is 14.1. The van der Waals surface area contributed by atoms with Crippen molar-refractivity contribution in [3.63, 3.8) is 0 Å². The summed E-state index contributed by atoms with van der Waals surface area (Å²) in [6, 6.07) is 20.3. The summed E-state index contributed by atoms with van der Waals surface area (Å²) in [4.78, 5) is 24.3. The Balaban J connectivity index is 2.03. The van der Waals surface area contributed by atoms with E-state index >= 15 is 0 Å². The number of methoxy groups -OCH3 is 1. The van der Waals surface area contributed by atoms with Gasteiger partial charge < -0.3 is 20.0 Å². The number of ether oxygens (including phenoxy) is 1. The second-order valence-electron chi connectivity index (χ2n) is 5.53. The van der Waals surface area contributed by atoms with Gasteiger partial charge in [-0.3, -0.25) is 4.79 Å². The lowest BCUT2D eigenvalue weighted by molar-refractivity contribution is -0.254. The Morgan fingerprint density at radius 1 is 0.808 bits per heavy atom. The number of nitrogens with one attached hydrogen (secondary N) is 1. The van der Waals surface area contributed by atoms with Crippen molar-refractivity contribution in [2.75, 3.05) is 12.4 Å². The average molecular weight is 346 g/mol. The van der Waals surface area contributed by atoms with E-state index in [-0.39, 0.29) is 11.5 Å². The van der Waals surface area contributed by atoms with Gasteiger partial charge in [0.2, 0.25) is 0 Å². The summed E-state index contributed by atoms with van der Waals surface area (Å²) >= 11 is 0. The number of amides is 1. The van der Waals surface area contributed by atoms with Gasteiger partial charge in [-0.2, -0.15) is 0 Å². The van der Waals surface area contributed by atoms with E-state index in [2.05, 4.69) is 5.32 Å². The lowest BCUT2D eigenvalue weighted by Gasteiger charge is -2.15. The van der Waals surface area contributed by atoms with Crippen molar-refractivity contribution in [2.45, 2.75) is 0 Å². The number of aromatic carboxylic acids is 1. The first kappa shape index (κ1) is 17.2. The number of para-hydroxylation sites is 2. The third-order valence-electron chi connectivity index (χ3n) is 3.96. The summed E-state index contributed by atoms with van der Waals surface area (Å²) in [5, 5.41) is 14.2. The quantitative estimate of drug-likeness (QED) is 0.770. The van der Waals surface area contributed by atoms with Crippen molar-refractivity contribution in [1.82, 2.24) is 0 Å². The second kappa shape index (κ2) is 7.53. The molecule has 26 heavy (non-hydrogen) atoms. The van der Waals surface area contributed by atoms with E-state index in [4.69, 9.17) is 4.74 Å². The number of anilines is 1. The Hall–Kier alpha value is -3.60. The molecule has 0 aliphatic heterocycles. The van der Waals surface area contributed by atoms with Crippen LogP contribution in [0.1, 0.15) is 20.7 Å². The van der Waals surface area contributed by atoms with Crippen LogP contribution in [0.25, 0.3) is 11.1 Å². The van der Waals surface area contributed by atoms with Crippen molar-refractivity contribution in [3.8, 4) is 16.9 Å². The van der Waals surface area contributed by atoms with Crippen molar-refractivity contribution in [2.24, 2.45) is 0 Å². The standard InChI is InChI=1S/C21H17NO4/c1-26-19-13-7-6-12-18(19)22-20(23)16-10-4-2-8-14(16)15-9-3-5-11-17(15)21(24)25/h2-13H,1H3,(H,22,23)(H,24,25)/p-1. The predicted octanol–water partition coefficient (Wildman–Crippen LogP) is 2.98. The highest BCUT2D eigenvalue weighted by atomic mass is 16.5. The van der Waals surface area contributed by atoms with E-state index < -0.39 is 5.97 Å². The molecular formula is C21H16NO4-. The van der Waals surface area contributed by atoms with Crippen LogP contribution in [0.3, 0.4) is 0 Å². The molecule has 0 saturated heterocycles. The van der Waals surface area contributed by atoms with Crippen molar-refractivity contribution >= 4 is 17.6 Å². The Kier molecular flexibility index (Phi) is 4.99. The highest BCUT2D eigenvalue weighted by Crippen LogP contribution is 2.29. The molecule has 0 spiro atoms. The number of carboxylic acids is 1. The van der Waals surface area contributed by atoms with E-state index in [1.807, 2.05) is 0 Å². The molecule has 0 aliphatic carbocycles. The number of hydrogen-bond acceptors (Lipinski definition) is 4. The molecule has 0 heterocycles. The topological polar surface area (TPSA) is 78.5 Å². The van der Waals surface area contributed by atoms with Gasteiger partial charge in [0.15, 0.2) is 0 Å². The number of carbonyl (C=O) groups excluding carboxylic acids is 2. The molecule has 5 nitrogen and oxygen atoms in total. The zero-order chi connectivity index (χ0) is 18.5. The minimum absolute atomic E-state index is 0.0324. The van der Waals surface area contributed by atoms with Crippen LogP contribution < -0.4 is 15.2 Å². The van der Waals surface area contributed by atoms with Gasteiger partial charge in [0, 0.05) is 11.1 Å². The van der Waals surface area contributed by atoms with Gasteiger partial charge in [0.1, 0.15) is 5.75 Å². The van der Waals surface area contributed by atoms with Crippen LogP contribution in [-0.4, -0.2) is 19.0 Å². The van der Waals surface area contributed by atoms with E-state index in [0.717, 1.165) is 0 Å². The van der Waals surface area contributed by atoms with E-state index in [1.54, 1.807) is 66.7 Å². The molecule has 1 N–H and O–H groups in total. The number of hydrogen-bond donors (Lipinski definition) is 1. The number of benzene rings is 3. The SMILES string of the molecule is COc1ccccc1NC(=O)c1ccccc1-c1ccccc1C(=O)[O-]. The molecule has 0 atom stereocenters. The summed E-state index contributed by atoms with van der Waals surface area (Å²) in [5.41, 5.74) is 1.86. The third kappa shape index (κ3) is 3.42. The number of carbonyl (C=O) groups is 2. The predicted molar refractivity (Wildman–Crippen MR) is 97.2 cm³/mol. The summed E-state index contributed by atoms with van der Waals surface area (Å²) in [6.07, 6.45) is 0. The fourth-order valence-electron chi connectivity index (χ4n) is 2.75. The van der Waals surface area contributed by atoms with E-state index in [0.29, 0.717) is 28.1 Å². The van der Waals surface area contributed by atoms with Crippen molar-refractivity contribution < 1.29 is 19.4 Å². The fraction of sp³-hybridized carbons (Fsp3) is 0.0476. The largest absolute Gasteiger partial charge is 0.545 e. The first-order valence-electron chi connectivity index (χ1n) is 7.96. The Morgan fingerprint density at radius 3 is 2.00 bits per heavy atom. The minimum Gasteiger partial charge on any atom is -0.545 e. The molecule has 3 aromatic carbocycles. The van der Waals surface area contributed by atoms with Crippen LogP contribution in [-0.2, 0) is 0 Å². The van der Waals surface area contributed by atoms with Crippen LogP contribution in [0.4, 0.5) is 5.69 Å². The molecule has 3 aromatic rings. The molecule has 0 fully saturated rings. The Labute approximate surface area is 150 Å². The Morgan fingerprint density at radius 2 is 1.35 bits per heavy atom. The third-order valence-corrected chi connectivity index (χ3v) is 3.96. The smallest absolute Gasteiger partial charge is 0.256 e. The Bertz CT molecular complexity index is 965. The van der Waals surface area contributed by atoms with Crippen LogP contribution in [0.5, 0.6) is 5.75 Å². The van der Waals surface area contributed by atoms with Crippen LogP contribution in [0, 0.1) is 0 Å². The van der Waals surface area contributed by atoms with E-state index in [9.17, 15) is 14.7 Å². The lowest BCUT2D eigenvalue weighted by Crippen LogP contribution is -2.23. The first-order chi connectivity index (χ1) is 12.6. The molecule has 1 amide bonds. The summed E-state index contributed by atoms with van der Waals surface area (Å²) in [6.45, 7) is 0. The molecule has 3 rings (SSSR count). The second-order valence-corrected chi connectivity index (χ2v) is 5.53. The number of carboxylic acid groups (broad SMARTS) is 1. The first-order valence-corrected chi connectivity index (χ1v) is 7.96. The van der Waals surface area contributed by atoms with Gasteiger partial charge >= 0.3 is 0 Å². The molecule has 0 bridgehead atoms. The highest BCUT2D eigenvalue weighted by molar-refractivity contribution is 6.10. The maximum atomic E-state index is 12.8. The zero-order valence-electron chi connectivity index (χ0n) is 14.1. The number of rotatable bonds is 5. The molecule has 0 aromatic heterocycles. The minimum atomic E-state index is -1.29. The fourth-order valence-corrected chi connectivity index (χ4v) is 2.75. The average Bonchev–Trinajstić information content (AvgIpc) is 2.68. The van der Waals surface area contributed by atoms with E-state index in [1.165, 1.54) is 13.2 Å². The summed E-state index contributed by atoms with van der Waals surface area (Å²) in [5.74, 6) is -1.12. The molecule has 0 radical (unpaired) electrons. The van der Waals surface area contributed by atoms with Gasteiger partial charge in [-0.1, -0.05) is 54.6 Å². The normalized spacial score (nSPS) is 10.2. The molecule has 0 unspecified atom stereocenters. The van der Waals surface area contributed by atoms with Gasteiger partial charge in [-0.25, -0.2) is 0 Å². The molecule has 0 saturated carbocycles. The van der Waals surface area contributed by atoms with Crippen LogP contribution in [0.15, 0.2) is 72.8 Å². The van der Waals surface area contributed by atoms with Gasteiger partial charge in [-0.15, -0.1) is 0 Å². The van der Waals surface area contributed by atoms with Gasteiger partial charge in [-0.05, 0) is 29.3 Å². The molecule has 0 aliphatic rings.